The van der Waals surface area contributed by atoms with Gasteiger partial charge in [0.05, 0.1) is 6.54 Å². The summed E-state index contributed by atoms with van der Waals surface area (Å²) in [6.45, 7) is 0.858. The van der Waals surface area contributed by atoms with Gasteiger partial charge in [0.1, 0.15) is 6.61 Å². The minimum Gasteiger partial charge on any atom is -0.464 e. The second-order valence-corrected chi connectivity index (χ2v) is 3.55. The van der Waals surface area contributed by atoms with Crippen LogP contribution >= 0.6 is 0 Å². The summed E-state index contributed by atoms with van der Waals surface area (Å²) in [7, 11) is -3.60. The highest BCUT2D eigenvalue weighted by Gasteiger charge is 2.14. The van der Waals surface area contributed by atoms with Gasteiger partial charge in [-0.2, -0.15) is 12.7 Å². The second-order valence-electron chi connectivity index (χ2n) is 2.10. The third-order valence-corrected chi connectivity index (χ3v) is 2.01. The first-order valence-corrected chi connectivity index (χ1v) is 4.47. The van der Waals surface area contributed by atoms with Gasteiger partial charge in [0, 0.05) is 14.0 Å². The van der Waals surface area contributed by atoms with E-state index in [9.17, 15) is 17.1 Å². The number of ether oxygens (including phenoxy) is 1. The van der Waals surface area contributed by atoms with Gasteiger partial charge in [-0.25, -0.2) is 0 Å². The summed E-state index contributed by atoms with van der Waals surface area (Å²) < 4.78 is 37.2. The van der Waals surface area contributed by atoms with E-state index < -0.39 is 16.4 Å². The smallest absolute Gasteiger partial charge is 0.374 e. The minimum atomic E-state index is -4.66. The van der Waals surface area contributed by atoms with Crippen molar-refractivity contribution in [2.45, 2.75) is 6.92 Å². The number of hydrogen-bond acceptors (Lipinski definition) is 4. The molecule has 7 heteroatoms. The van der Waals surface area contributed by atoms with Crippen molar-refractivity contribution in [3.05, 3.63) is 0 Å². The van der Waals surface area contributed by atoms with Gasteiger partial charge in [-0.1, -0.05) is 3.89 Å². The first kappa shape index (κ1) is 11.3. The van der Waals surface area contributed by atoms with E-state index in [-0.39, 0.29) is 13.2 Å². The fraction of sp³-hybridized carbons (Fsp3) is 0.800. The lowest BCUT2D eigenvalue weighted by atomic mass is 10.7. The van der Waals surface area contributed by atoms with Gasteiger partial charge in [-0.15, -0.1) is 0 Å². The molecule has 5 nitrogen and oxygen atoms in total. The largest absolute Gasteiger partial charge is 0.464 e. The number of carbonyl (C=O) groups excluding carboxylic acids is 1. The lowest BCUT2D eigenvalue weighted by Gasteiger charge is -2.09. The van der Waals surface area contributed by atoms with Gasteiger partial charge in [0.25, 0.3) is 0 Å². The Morgan fingerprint density at radius 2 is 2.08 bits per heavy atom. The van der Waals surface area contributed by atoms with Crippen LogP contribution in [0.25, 0.3) is 0 Å². The Labute approximate surface area is 70.5 Å². The molecule has 0 heterocycles. The van der Waals surface area contributed by atoms with Crippen molar-refractivity contribution in [3.63, 3.8) is 0 Å². The van der Waals surface area contributed by atoms with E-state index in [1.165, 1.54) is 6.92 Å². The molecule has 0 aliphatic rings. The zero-order chi connectivity index (χ0) is 9.78. The lowest BCUT2D eigenvalue weighted by molar-refractivity contribution is -0.141. The lowest BCUT2D eigenvalue weighted by Crippen LogP contribution is -2.27. The fourth-order valence-electron chi connectivity index (χ4n) is 0.427. The summed E-state index contributed by atoms with van der Waals surface area (Å²) in [6.07, 6.45) is 0. The summed E-state index contributed by atoms with van der Waals surface area (Å²) in [5, 5.41) is 0. The molecule has 0 spiro atoms. The number of esters is 1. The van der Waals surface area contributed by atoms with E-state index in [1.807, 2.05) is 0 Å². The molecule has 72 valence electrons. The van der Waals surface area contributed by atoms with Crippen molar-refractivity contribution in [3.8, 4) is 0 Å². The van der Waals surface area contributed by atoms with Gasteiger partial charge in [0.15, 0.2) is 0 Å². The molecule has 0 aliphatic heterocycles. The molecule has 0 rings (SSSR count). The molecular formula is C5H10FNO4S. The van der Waals surface area contributed by atoms with E-state index in [0.717, 1.165) is 7.05 Å². The van der Waals surface area contributed by atoms with Crippen LogP contribution in [-0.4, -0.2) is 38.9 Å². The van der Waals surface area contributed by atoms with Gasteiger partial charge in [0.2, 0.25) is 0 Å². The molecule has 12 heavy (non-hydrogen) atoms. The molecule has 0 saturated carbocycles. The van der Waals surface area contributed by atoms with Crippen LogP contribution in [0.5, 0.6) is 0 Å². The van der Waals surface area contributed by atoms with Crippen LogP contribution in [0, 0.1) is 0 Å². The normalized spacial score (nSPS) is 11.7. The number of likely N-dealkylation sites (N-methyl/N-ethyl adjacent to an activating group) is 1. The second kappa shape index (κ2) is 4.36. The molecule has 0 unspecified atom stereocenters. The number of halogens is 1. The van der Waals surface area contributed by atoms with Crippen LogP contribution in [0.15, 0.2) is 0 Å². The van der Waals surface area contributed by atoms with Crippen molar-refractivity contribution in [1.82, 2.24) is 4.31 Å². The molecule has 0 amide bonds. The van der Waals surface area contributed by atoms with Crippen molar-refractivity contribution >= 4 is 16.4 Å². The zero-order valence-electron chi connectivity index (χ0n) is 6.78. The third kappa shape index (κ3) is 5.03. The van der Waals surface area contributed by atoms with E-state index in [2.05, 4.69) is 4.74 Å². The number of carbonyl (C=O) groups is 1. The fourth-order valence-corrected chi connectivity index (χ4v) is 0.720. The maximum Gasteiger partial charge on any atom is 0.374 e. The minimum absolute atomic E-state index is 0.144. The molecule has 0 aromatic rings. The van der Waals surface area contributed by atoms with Crippen LogP contribution in [0.1, 0.15) is 6.92 Å². The molecule has 0 aromatic carbocycles. The Balaban J connectivity index is 3.73. The van der Waals surface area contributed by atoms with Gasteiger partial charge < -0.3 is 4.74 Å². The molecule has 0 aliphatic carbocycles. The quantitative estimate of drug-likeness (QED) is 0.460. The molecular weight excluding hydrogens is 189 g/mol. The number of rotatable bonds is 4. The summed E-state index contributed by atoms with van der Waals surface area (Å²) in [5.74, 6) is -0.528. The van der Waals surface area contributed by atoms with E-state index >= 15 is 0 Å². The Kier molecular flexibility index (Phi) is 4.11. The molecule has 0 N–H and O–H groups in total. The van der Waals surface area contributed by atoms with E-state index in [4.69, 9.17) is 0 Å². The standard InChI is InChI=1S/C5H10FNO4S/c1-5(8)11-4-3-7(2)12(6,9)10/h3-4H2,1-2H3. The highest BCUT2D eigenvalue weighted by atomic mass is 32.3. The highest BCUT2D eigenvalue weighted by Crippen LogP contribution is 1.97. The average molecular weight is 199 g/mol. The Bertz CT molecular complexity index is 250. The Hall–Kier alpha value is -0.690. The van der Waals surface area contributed by atoms with Crippen molar-refractivity contribution in [2.75, 3.05) is 20.2 Å². The summed E-state index contributed by atoms with van der Waals surface area (Å²) in [5.41, 5.74) is 0. The third-order valence-electron chi connectivity index (χ3n) is 1.08. The van der Waals surface area contributed by atoms with Gasteiger partial charge >= 0.3 is 16.4 Å². The van der Waals surface area contributed by atoms with Gasteiger partial charge in [-0.05, 0) is 0 Å². The predicted molar refractivity (Wildman–Crippen MR) is 39.3 cm³/mol. The molecule has 0 aromatic heterocycles. The molecule has 0 atom stereocenters. The molecule has 0 radical (unpaired) electrons. The maximum absolute atomic E-state index is 12.1. The number of nitrogens with zero attached hydrogens (tertiary/aromatic N) is 1. The first-order chi connectivity index (χ1) is 5.34. The SMILES string of the molecule is CC(=O)OCCN(C)S(=O)(=O)F. The first-order valence-electron chi connectivity index (χ1n) is 3.13. The molecule has 0 saturated heterocycles. The van der Waals surface area contributed by atoms with Crippen molar-refractivity contribution < 1.29 is 21.8 Å². The average Bonchev–Trinajstić information content (AvgIpc) is 1.84. The van der Waals surface area contributed by atoms with E-state index in [0.29, 0.717) is 4.31 Å². The van der Waals surface area contributed by atoms with Crippen molar-refractivity contribution in [2.24, 2.45) is 0 Å². The van der Waals surface area contributed by atoms with E-state index in [1.54, 1.807) is 0 Å². The zero-order valence-corrected chi connectivity index (χ0v) is 7.60. The van der Waals surface area contributed by atoms with Gasteiger partial charge in [-0.3, -0.25) is 4.79 Å². The monoisotopic (exact) mass is 199 g/mol. The number of hydrogen-bond donors (Lipinski definition) is 0. The van der Waals surface area contributed by atoms with Crippen molar-refractivity contribution in [1.29, 1.82) is 0 Å². The maximum atomic E-state index is 12.1. The van der Waals surface area contributed by atoms with Crippen LogP contribution in [0.2, 0.25) is 0 Å². The summed E-state index contributed by atoms with van der Waals surface area (Å²) in [4.78, 5) is 10.2. The highest BCUT2D eigenvalue weighted by molar-refractivity contribution is 7.83. The summed E-state index contributed by atoms with van der Waals surface area (Å²) >= 11 is 0. The van der Waals surface area contributed by atoms with Crippen LogP contribution in [0.4, 0.5) is 3.89 Å². The Morgan fingerprint density at radius 1 is 1.58 bits per heavy atom. The topological polar surface area (TPSA) is 63.7 Å². The Morgan fingerprint density at radius 3 is 2.42 bits per heavy atom. The molecule has 0 fully saturated rings. The summed E-state index contributed by atoms with van der Waals surface area (Å²) in [6, 6.07) is 0. The van der Waals surface area contributed by atoms with Crippen LogP contribution in [-0.2, 0) is 19.9 Å². The predicted octanol–water partition coefficient (Wildman–Crippen LogP) is -0.304. The molecule has 0 bridgehead atoms. The van der Waals surface area contributed by atoms with Crippen LogP contribution in [0.3, 0.4) is 0 Å². The van der Waals surface area contributed by atoms with Crippen LogP contribution < -0.4 is 0 Å².